The van der Waals surface area contributed by atoms with Crippen LogP contribution in [0.2, 0.25) is 0 Å². The number of nitrogens with one attached hydrogen (secondary N) is 2. The first-order valence-electron chi connectivity index (χ1n) is 12.7. The highest BCUT2D eigenvalue weighted by Gasteiger charge is 2.31. The van der Waals surface area contributed by atoms with Crippen molar-refractivity contribution >= 4 is 33.3 Å². The number of aliphatic hydroxyl groups excluding tert-OH is 1. The van der Waals surface area contributed by atoms with Crippen LogP contribution >= 0.6 is 11.3 Å². The van der Waals surface area contributed by atoms with E-state index in [0.717, 1.165) is 57.0 Å². The first-order valence-corrected chi connectivity index (χ1v) is 13.5. The predicted octanol–water partition coefficient (Wildman–Crippen LogP) is 6.41. The van der Waals surface area contributed by atoms with Crippen LogP contribution in [0.3, 0.4) is 0 Å². The van der Waals surface area contributed by atoms with Crippen molar-refractivity contribution in [3.05, 3.63) is 53.5 Å². The van der Waals surface area contributed by atoms with Crippen molar-refractivity contribution in [2.24, 2.45) is 5.92 Å². The van der Waals surface area contributed by atoms with Crippen LogP contribution < -0.4 is 15.4 Å². The fourth-order valence-corrected chi connectivity index (χ4v) is 6.00. The molecule has 3 heterocycles. The number of anilines is 2. The second kappa shape index (κ2) is 10.9. The molecule has 1 aliphatic carbocycles. The normalized spacial score (nSPS) is 18.3. The average molecular weight is 559 g/mol. The number of aliphatic hydroxyl groups is 1. The molecule has 0 unspecified atom stereocenters. The third kappa shape index (κ3) is 6.22. The number of pyridine rings is 1. The molecule has 39 heavy (non-hydrogen) atoms. The molecule has 3 atom stereocenters. The van der Waals surface area contributed by atoms with Gasteiger partial charge in [-0.25, -0.2) is 9.97 Å². The predicted molar refractivity (Wildman–Crippen MR) is 145 cm³/mol. The third-order valence-electron chi connectivity index (χ3n) is 6.89. The zero-order valence-electron chi connectivity index (χ0n) is 21.7. The Balaban J connectivity index is 1.45. The van der Waals surface area contributed by atoms with Gasteiger partial charge < -0.3 is 20.5 Å². The first kappa shape index (κ1) is 27.1. The van der Waals surface area contributed by atoms with E-state index in [2.05, 4.69) is 20.4 Å². The minimum absolute atomic E-state index is 0.152. The number of aromatic nitrogens is 4. The Kier molecular flexibility index (Phi) is 7.59. The van der Waals surface area contributed by atoms with Gasteiger partial charge in [0.15, 0.2) is 0 Å². The lowest BCUT2D eigenvalue weighted by Crippen LogP contribution is -2.20. The highest BCUT2D eigenvalue weighted by molar-refractivity contribution is 7.21. The molecule has 3 N–H and O–H groups in total. The zero-order valence-corrected chi connectivity index (χ0v) is 22.5. The number of halogens is 3. The van der Waals surface area contributed by atoms with E-state index in [1.165, 1.54) is 12.1 Å². The van der Waals surface area contributed by atoms with Crippen molar-refractivity contribution in [1.82, 2.24) is 19.9 Å². The monoisotopic (exact) mass is 558 g/mol. The fraction of sp³-hybridized carbons (Fsp3) is 0.407. The van der Waals surface area contributed by atoms with Crippen LogP contribution in [0.5, 0.6) is 5.75 Å². The summed E-state index contributed by atoms with van der Waals surface area (Å²) in [7, 11) is 0. The van der Waals surface area contributed by atoms with Crippen molar-refractivity contribution in [3.8, 4) is 16.3 Å². The Morgan fingerprint density at radius 2 is 1.85 bits per heavy atom. The van der Waals surface area contributed by atoms with Gasteiger partial charge in [-0.3, -0.25) is 4.98 Å². The summed E-state index contributed by atoms with van der Waals surface area (Å²) in [5.74, 6) is 1.02. The van der Waals surface area contributed by atoms with E-state index in [1.807, 2.05) is 26.8 Å². The SMILES string of the molecule is Cc1nc(N[C@H](C)c2ccc(OC(F)(F)F)cc2)nc(N[C@H]2CC[C@@H](CO)C2)c1-c1nc2c(C)nccc2s1. The Hall–Kier alpha value is -3.51. The van der Waals surface area contributed by atoms with Crippen LogP contribution in [0, 0.1) is 19.8 Å². The number of nitrogens with zero attached hydrogens (tertiary/aromatic N) is 4. The zero-order chi connectivity index (χ0) is 27.7. The van der Waals surface area contributed by atoms with E-state index in [4.69, 9.17) is 15.0 Å². The van der Waals surface area contributed by atoms with Gasteiger partial charge in [0.1, 0.15) is 22.1 Å². The number of hydrogen-bond acceptors (Lipinski definition) is 9. The molecule has 206 valence electrons. The summed E-state index contributed by atoms with van der Waals surface area (Å²) in [6, 6.07) is 7.52. The Bertz CT molecular complexity index is 1460. The summed E-state index contributed by atoms with van der Waals surface area (Å²) in [5, 5.41) is 17.3. The molecule has 1 aromatic carbocycles. The molecule has 0 radical (unpaired) electrons. The Morgan fingerprint density at radius 1 is 1.08 bits per heavy atom. The van der Waals surface area contributed by atoms with Gasteiger partial charge in [-0.1, -0.05) is 12.1 Å². The van der Waals surface area contributed by atoms with E-state index >= 15 is 0 Å². The molecule has 8 nitrogen and oxygen atoms in total. The lowest BCUT2D eigenvalue weighted by Gasteiger charge is -2.20. The second-order valence-corrected chi connectivity index (χ2v) is 10.8. The van der Waals surface area contributed by atoms with Gasteiger partial charge in [0.25, 0.3) is 0 Å². The van der Waals surface area contributed by atoms with E-state index in [9.17, 15) is 18.3 Å². The maximum atomic E-state index is 12.5. The molecule has 1 fully saturated rings. The number of benzene rings is 1. The molecule has 0 spiro atoms. The van der Waals surface area contributed by atoms with Crippen molar-refractivity contribution < 1.29 is 23.0 Å². The largest absolute Gasteiger partial charge is 0.573 e. The van der Waals surface area contributed by atoms with Gasteiger partial charge in [0.2, 0.25) is 5.95 Å². The average Bonchev–Trinajstić information content (AvgIpc) is 3.51. The molecule has 1 aliphatic rings. The fourth-order valence-electron chi connectivity index (χ4n) is 4.89. The van der Waals surface area contributed by atoms with E-state index in [0.29, 0.717) is 11.8 Å². The van der Waals surface area contributed by atoms with Gasteiger partial charge in [-0.15, -0.1) is 24.5 Å². The van der Waals surface area contributed by atoms with E-state index in [1.54, 1.807) is 29.7 Å². The van der Waals surface area contributed by atoms with Gasteiger partial charge in [-0.2, -0.15) is 4.98 Å². The van der Waals surface area contributed by atoms with Gasteiger partial charge >= 0.3 is 6.36 Å². The molecule has 5 rings (SSSR count). The summed E-state index contributed by atoms with van der Waals surface area (Å²) in [4.78, 5) is 18.8. The molecular weight excluding hydrogens is 529 g/mol. The van der Waals surface area contributed by atoms with Crippen LogP contribution in [0.1, 0.15) is 49.2 Å². The highest BCUT2D eigenvalue weighted by atomic mass is 32.1. The molecule has 0 aliphatic heterocycles. The molecule has 12 heteroatoms. The molecule has 0 bridgehead atoms. The van der Waals surface area contributed by atoms with Crippen molar-refractivity contribution in [1.29, 1.82) is 0 Å². The second-order valence-electron chi connectivity index (χ2n) is 9.80. The molecule has 0 saturated heterocycles. The molecule has 1 saturated carbocycles. The van der Waals surface area contributed by atoms with E-state index in [-0.39, 0.29) is 30.4 Å². The number of hydrogen-bond donors (Lipinski definition) is 3. The van der Waals surface area contributed by atoms with Gasteiger partial charge in [-0.05, 0) is 69.7 Å². The summed E-state index contributed by atoms with van der Waals surface area (Å²) in [5.41, 5.74) is 3.99. The lowest BCUT2D eigenvalue weighted by molar-refractivity contribution is -0.274. The summed E-state index contributed by atoms with van der Waals surface area (Å²) >= 11 is 1.55. The molecule has 0 amide bonds. The summed E-state index contributed by atoms with van der Waals surface area (Å²) < 4.78 is 42.5. The Morgan fingerprint density at radius 3 is 2.51 bits per heavy atom. The first-order chi connectivity index (χ1) is 18.6. The van der Waals surface area contributed by atoms with Crippen molar-refractivity contribution in [2.75, 3.05) is 17.2 Å². The summed E-state index contributed by atoms with van der Waals surface area (Å²) in [6.45, 7) is 5.88. The molecule has 4 aromatic rings. The maximum absolute atomic E-state index is 12.5. The number of aryl methyl sites for hydroxylation is 2. The van der Waals surface area contributed by atoms with Gasteiger partial charge in [0, 0.05) is 18.8 Å². The number of fused-ring (bicyclic) bond motifs is 1. The number of thiazole rings is 1. The van der Waals surface area contributed by atoms with Crippen molar-refractivity contribution in [2.45, 2.75) is 58.5 Å². The third-order valence-corrected chi connectivity index (χ3v) is 7.93. The highest BCUT2D eigenvalue weighted by Crippen LogP contribution is 2.38. The van der Waals surface area contributed by atoms with Gasteiger partial charge in [0.05, 0.1) is 27.7 Å². The maximum Gasteiger partial charge on any atom is 0.573 e. The smallest absolute Gasteiger partial charge is 0.406 e. The van der Waals surface area contributed by atoms with Crippen LogP contribution in [0.25, 0.3) is 20.8 Å². The number of alkyl halides is 3. The topological polar surface area (TPSA) is 105 Å². The minimum Gasteiger partial charge on any atom is -0.406 e. The number of ether oxygens (including phenoxy) is 1. The summed E-state index contributed by atoms with van der Waals surface area (Å²) in [6.07, 6.45) is -0.270. The lowest BCUT2D eigenvalue weighted by atomic mass is 10.1. The van der Waals surface area contributed by atoms with E-state index < -0.39 is 6.36 Å². The van der Waals surface area contributed by atoms with Crippen LogP contribution in [0.4, 0.5) is 24.9 Å². The quantitative estimate of drug-likeness (QED) is 0.228. The number of rotatable bonds is 8. The Labute approximate surface area is 227 Å². The molecular formula is C27H29F3N6O2S. The minimum atomic E-state index is -4.74. The standard InChI is InChI=1S/C27H29F3N6O2S/c1-14(18-5-8-20(9-6-18)38-27(28,29)30)32-26-33-15(2)22(24(36-26)34-19-7-4-17(12-19)13-37)25-35-23-16(3)31-11-10-21(23)39-25/h5-6,8-11,14,17,19,37H,4,7,12-13H2,1-3H3,(H2,32,33,34,36)/t14-,17-,19+/m1/s1. The van der Waals surface area contributed by atoms with Crippen molar-refractivity contribution in [3.63, 3.8) is 0 Å². The van der Waals surface area contributed by atoms with Crippen LogP contribution in [-0.2, 0) is 0 Å². The van der Waals surface area contributed by atoms with Crippen LogP contribution in [0.15, 0.2) is 36.5 Å². The molecule has 3 aromatic heterocycles. The van der Waals surface area contributed by atoms with Crippen LogP contribution in [-0.4, -0.2) is 44.1 Å².